The normalized spacial score (nSPS) is 12.4. The molecule has 0 aliphatic rings. The van der Waals surface area contributed by atoms with Crippen LogP contribution in [0.2, 0.25) is 0 Å². The molecule has 76 valence electrons. The third kappa shape index (κ3) is 2.35. The standard InChI is InChI=1S/C9H10O5/c1-5(2-9(12)13)8-3-6(10)7(11)4-14-8/h3-5,11H,2H2,1H3,(H,12,13). The van der Waals surface area contributed by atoms with Crippen molar-refractivity contribution in [2.75, 3.05) is 0 Å². The summed E-state index contributed by atoms with van der Waals surface area (Å²) in [7, 11) is 0. The second-order valence-electron chi connectivity index (χ2n) is 3.03. The van der Waals surface area contributed by atoms with Crippen molar-refractivity contribution in [2.45, 2.75) is 19.3 Å². The van der Waals surface area contributed by atoms with Crippen molar-refractivity contribution in [2.24, 2.45) is 0 Å². The summed E-state index contributed by atoms with van der Waals surface area (Å²) < 4.78 is 4.89. The van der Waals surface area contributed by atoms with Crippen LogP contribution in [0.3, 0.4) is 0 Å². The predicted molar refractivity (Wildman–Crippen MR) is 47.3 cm³/mol. The Morgan fingerprint density at radius 3 is 2.79 bits per heavy atom. The van der Waals surface area contributed by atoms with Gasteiger partial charge in [-0.25, -0.2) is 0 Å². The van der Waals surface area contributed by atoms with Crippen LogP contribution in [0.4, 0.5) is 0 Å². The van der Waals surface area contributed by atoms with Gasteiger partial charge in [0, 0.05) is 12.0 Å². The molecular formula is C9H10O5. The fourth-order valence-corrected chi connectivity index (χ4v) is 1.04. The van der Waals surface area contributed by atoms with E-state index in [-0.39, 0.29) is 18.1 Å². The first-order chi connectivity index (χ1) is 6.50. The Morgan fingerprint density at radius 2 is 2.29 bits per heavy atom. The molecule has 0 saturated carbocycles. The van der Waals surface area contributed by atoms with E-state index >= 15 is 0 Å². The summed E-state index contributed by atoms with van der Waals surface area (Å²) in [5.41, 5.74) is -0.566. The Bertz CT molecular complexity index is 392. The molecule has 0 aliphatic carbocycles. The van der Waals surface area contributed by atoms with Gasteiger partial charge in [0.15, 0.2) is 5.75 Å². The van der Waals surface area contributed by atoms with Gasteiger partial charge in [-0.05, 0) is 0 Å². The Morgan fingerprint density at radius 1 is 1.64 bits per heavy atom. The summed E-state index contributed by atoms with van der Waals surface area (Å²) in [6.07, 6.45) is 0.795. The maximum atomic E-state index is 11.0. The van der Waals surface area contributed by atoms with E-state index in [9.17, 15) is 9.59 Å². The Labute approximate surface area is 79.6 Å². The molecule has 0 aromatic carbocycles. The highest BCUT2D eigenvalue weighted by atomic mass is 16.4. The van der Waals surface area contributed by atoms with Crippen LogP contribution in [-0.4, -0.2) is 16.2 Å². The molecule has 1 aromatic rings. The molecule has 5 nitrogen and oxygen atoms in total. The molecule has 1 aromatic heterocycles. The molecule has 1 heterocycles. The molecule has 1 atom stereocenters. The highest BCUT2D eigenvalue weighted by molar-refractivity contribution is 5.67. The number of hydrogen-bond donors (Lipinski definition) is 2. The predicted octanol–water partition coefficient (Wildman–Crippen LogP) is 0.924. The summed E-state index contributed by atoms with van der Waals surface area (Å²) >= 11 is 0. The second kappa shape index (κ2) is 3.95. The van der Waals surface area contributed by atoms with E-state index in [1.807, 2.05) is 0 Å². The zero-order valence-corrected chi connectivity index (χ0v) is 7.56. The molecule has 0 fully saturated rings. The third-order valence-corrected chi connectivity index (χ3v) is 1.80. The van der Waals surface area contributed by atoms with Gasteiger partial charge >= 0.3 is 5.97 Å². The molecule has 5 heteroatoms. The molecule has 2 N–H and O–H groups in total. The SMILES string of the molecule is CC(CC(=O)O)c1cc(=O)c(O)co1. The Hall–Kier alpha value is -1.78. The van der Waals surface area contributed by atoms with E-state index in [1.54, 1.807) is 6.92 Å². The van der Waals surface area contributed by atoms with Crippen LogP contribution in [0.15, 0.2) is 21.5 Å². The van der Waals surface area contributed by atoms with Gasteiger partial charge in [-0.1, -0.05) is 6.92 Å². The zero-order chi connectivity index (χ0) is 10.7. The summed E-state index contributed by atoms with van der Waals surface area (Å²) in [5, 5.41) is 17.4. The average Bonchev–Trinajstić information content (AvgIpc) is 2.08. The minimum absolute atomic E-state index is 0.117. The largest absolute Gasteiger partial charge is 0.502 e. The van der Waals surface area contributed by atoms with E-state index in [4.69, 9.17) is 14.6 Å². The molecule has 0 radical (unpaired) electrons. The number of carbonyl (C=O) groups is 1. The quantitative estimate of drug-likeness (QED) is 0.754. The Kier molecular flexibility index (Phi) is 2.91. The van der Waals surface area contributed by atoms with Crippen molar-refractivity contribution in [3.05, 3.63) is 28.3 Å². The van der Waals surface area contributed by atoms with Crippen LogP contribution in [0.25, 0.3) is 0 Å². The van der Waals surface area contributed by atoms with E-state index in [2.05, 4.69) is 0 Å². The van der Waals surface area contributed by atoms with Gasteiger partial charge in [-0.3, -0.25) is 9.59 Å². The molecule has 1 rings (SSSR count). The summed E-state index contributed by atoms with van der Waals surface area (Å²) in [4.78, 5) is 21.3. The summed E-state index contributed by atoms with van der Waals surface area (Å²) in [6.45, 7) is 1.63. The number of carboxylic acids is 1. The highest BCUT2D eigenvalue weighted by Gasteiger charge is 2.13. The van der Waals surface area contributed by atoms with Gasteiger partial charge in [-0.2, -0.15) is 0 Å². The van der Waals surface area contributed by atoms with Gasteiger partial charge in [-0.15, -0.1) is 0 Å². The fraction of sp³-hybridized carbons (Fsp3) is 0.333. The van der Waals surface area contributed by atoms with Gasteiger partial charge in [0.05, 0.1) is 6.42 Å². The molecule has 14 heavy (non-hydrogen) atoms. The van der Waals surface area contributed by atoms with E-state index in [0.29, 0.717) is 0 Å². The fourth-order valence-electron chi connectivity index (χ4n) is 1.04. The summed E-state index contributed by atoms with van der Waals surface area (Å²) in [5.74, 6) is -1.57. The van der Waals surface area contributed by atoms with E-state index in [0.717, 1.165) is 12.3 Å². The number of rotatable bonds is 3. The van der Waals surface area contributed by atoms with Crippen LogP contribution >= 0.6 is 0 Å². The first kappa shape index (κ1) is 10.3. The number of hydrogen-bond acceptors (Lipinski definition) is 4. The number of aromatic hydroxyl groups is 1. The molecule has 0 spiro atoms. The van der Waals surface area contributed by atoms with Crippen LogP contribution in [0, 0.1) is 0 Å². The smallest absolute Gasteiger partial charge is 0.304 e. The Balaban J connectivity index is 2.91. The van der Waals surface area contributed by atoms with Gasteiger partial charge in [0.1, 0.15) is 12.0 Å². The molecule has 0 bridgehead atoms. The van der Waals surface area contributed by atoms with Crippen molar-refractivity contribution in [1.82, 2.24) is 0 Å². The first-order valence-electron chi connectivity index (χ1n) is 4.04. The maximum absolute atomic E-state index is 11.0. The molecule has 0 aliphatic heterocycles. The zero-order valence-electron chi connectivity index (χ0n) is 7.56. The lowest BCUT2D eigenvalue weighted by Crippen LogP contribution is -2.06. The first-order valence-corrected chi connectivity index (χ1v) is 4.04. The average molecular weight is 198 g/mol. The van der Waals surface area contributed by atoms with Gasteiger partial charge in [0.2, 0.25) is 5.43 Å². The highest BCUT2D eigenvalue weighted by Crippen LogP contribution is 2.18. The second-order valence-corrected chi connectivity index (χ2v) is 3.03. The third-order valence-electron chi connectivity index (χ3n) is 1.80. The molecular weight excluding hydrogens is 188 g/mol. The monoisotopic (exact) mass is 198 g/mol. The summed E-state index contributed by atoms with van der Waals surface area (Å²) in [6, 6.07) is 1.10. The van der Waals surface area contributed by atoms with Crippen LogP contribution in [-0.2, 0) is 4.79 Å². The lowest BCUT2D eigenvalue weighted by atomic mass is 10.0. The number of carboxylic acid groups (broad SMARTS) is 1. The maximum Gasteiger partial charge on any atom is 0.304 e. The van der Waals surface area contributed by atoms with Crippen molar-refractivity contribution in [3.8, 4) is 5.75 Å². The lowest BCUT2D eigenvalue weighted by molar-refractivity contribution is -0.137. The van der Waals surface area contributed by atoms with Crippen molar-refractivity contribution >= 4 is 5.97 Å². The van der Waals surface area contributed by atoms with Crippen molar-refractivity contribution in [3.63, 3.8) is 0 Å². The number of aliphatic carboxylic acids is 1. The van der Waals surface area contributed by atoms with E-state index in [1.165, 1.54) is 0 Å². The van der Waals surface area contributed by atoms with Crippen LogP contribution in [0.1, 0.15) is 25.0 Å². The lowest BCUT2D eigenvalue weighted by Gasteiger charge is -2.06. The van der Waals surface area contributed by atoms with Gasteiger partial charge in [0.25, 0.3) is 0 Å². The van der Waals surface area contributed by atoms with E-state index < -0.39 is 17.1 Å². The van der Waals surface area contributed by atoms with Crippen molar-refractivity contribution in [1.29, 1.82) is 0 Å². The molecule has 0 saturated heterocycles. The minimum Gasteiger partial charge on any atom is -0.502 e. The topological polar surface area (TPSA) is 87.7 Å². The van der Waals surface area contributed by atoms with Crippen LogP contribution in [0.5, 0.6) is 5.75 Å². The molecule has 0 amide bonds. The van der Waals surface area contributed by atoms with Crippen molar-refractivity contribution < 1.29 is 19.4 Å². The molecule has 1 unspecified atom stereocenters. The van der Waals surface area contributed by atoms with Gasteiger partial charge < -0.3 is 14.6 Å². The minimum atomic E-state index is -0.965. The van der Waals surface area contributed by atoms with Crippen LogP contribution < -0.4 is 5.43 Å².